The molecule has 1 aliphatic rings. The fourth-order valence-electron chi connectivity index (χ4n) is 2.27. The molecule has 1 saturated heterocycles. The minimum Gasteiger partial charge on any atom is -0.316 e. The Bertz CT molecular complexity index is 340. The lowest BCUT2D eigenvalue weighted by molar-refractivity contribution is -0.136. The Balaban J connectivity index is 2.66. The standard InChI is InChI=1S/C10H18F3NO2S/c1-14-8(5-6-10(11,12)13)9-4-2-3-7-17(9,15)16/h8-9,14H,2-7H2,1H3. The molecule has 1 rings (SSSR count). The molecule has 1 aliphatic heterocycles. The lowest BCUT2D eigenvalue weighted by Gasteiger charge is -2.30. The Morgan fingerprint density at radius 3 is 2.47 bits per heavy atom. The Labute approximate surface area is 99.7 Å². The van der Waals surface area contributed by atoms with E-state index in [-0.39, 0.29) is 12.2 Å². The molecule has 3 nitrogen and oxygen atoms in total. The quantitative estimate of drug-likeness (QED) is 0.850. The van der Waals surface area contributed by atoms with Crippen LogP contribution < -0.4 is 5.32 Å². The molecule has 1 N–H and O–H groups in total. The van der Waals surface area contributed by atoms with Gasteiger partial charge in [0.15, 0.2) is 9.84 Å². The van der Waals surface area contributed by atoms with Gasteiger partial charge in [0, 0.05) is 12.5 Å². The normalized spacial score (nSPS) is 26.7. The molecule has 1 fully saturated rings. The molecule has 0 amide bonds. The maximum absolute atomic E-state index is 12.1. The summed E-state index contributed by atoms with van der Waals surface area (Å²) >= 11 is 0. The Morgan fingerprint density at radius 1 is 1.35 bits per heavy atom. The molecular formula is C10H18F3NO2S. The first-order chi connectivity index (χ1) is 7.76. The third-order valence-electron chi connectivity index (χ3n) is 3.19. The van der Waals surface area contributed by atoms with Crippen LogP contribution in [0.15, 0.2) is 0 Å². The summed E-state index contributed by atoms with van der Waals surface area (Å²) in [5.74, 6) is 0.0991. The number of alkyl halides is 3. The van der Waals surface area contributed by atoms with Gasteiger partial charge in [-0.3, -0.25) is 0 Å². The largest absolute Gasteiger partial charge is 0.389 e. The summed E-state index contributed by atoms with van der Waals surface area (Å²) in [5.41, 5.74) is 0. The lowest BCUT2D eigenvalue weighted by Crippen LogP contribution is -2.45. The van der Waals surface area contributed by atoms with Crippen LogP contribution >= 0.6 is 0 Å². The Morgan fingerprint density at radius 2 is 2.00 bits per heavy atom. The van der Waals surface area contributed by atoms with Crippen LogP contribution in [0.3, 0.4) is 0 Å². The van der Waals surface area contributed by atoms with Crippen LogP contribution in [0, 0.1) is 0 Å². The monoisotopic (exact) mass is 273 g/mol. The van der Waals surface area contributed by atoms with Crippen molar-refractivity contribution in [2.45, 2.75) is 49.6 Å². The summed E-state index contributed by atoms with van der Waals surface area (Å²) < 4.78 is 60.0. The van der Waals surface area contributed by atoms with E-state index in [1.165, 1.54) is 7.05 Å². The number of halogens is 3. The van der Waals surface area contributed by atoms with Crippen molar-refractivity contribution in [1.82, 2.24) is 5.32 Å². The fraction of sp³-hybridized carbons (Fsp3) is 1.00. The third kappa shape index (κ3) is 4.46. The summed E-state index contributed by atoms with van der Waals surface area (Å²) in [4.78, 5) is 0. The zero-order chi connectivity index (χ0) is 13.1. The second kappa shape index (κ2) is 5.56. The van der Waals surface area contributed by atoms with Crippen LogP contribution in [0.4, 0.5) is 13.2 Å². The lowest BCUT2D eigenvalue weighted by atomic mass is 10.0. The topological polar surface area (TPSA) is 46.2 Å². The highest BCUT2D eigenvalue weighted by molar-refractivity contribution is 7.92. The van der Waals surface area contributed by atoms with Crippen LogP contribution in [-0.4, -0.2) is 38.7 Å². The van der Waals surface area contributed by atoms with Gasteiger partial charge in [-0.05, 0) is 26.3 Å². The van der Waals surface area contributed by atoms with Crippen molar-refractivity contribution >= 4 is 9.84 Å². The highest BCUT2D eigenvalue weighted by Gasteiger charge is 2.37. The molecule has 0 radical (unpaired) electrons. The fourth-order valence-corrected chi connectivity index (χ4v) is 4.47. The summed E-state index contributed by atoms with van der Waals surface area (Å²) in [6, 6.07) is -0.595. The molecule has 0 aromatic carbocycles. The van der Waals surface area contributed by atoms with Crippen molar-refractivity contribution in [1.29, 1.82) is 0 Å². The van der Waals surface area contributed by atoms with Crippen LogP contribution in [-0.2, 0) is 9.84 Å². The summed E-state index contributed by atoms with van der Waals surface area (Å²) in [6.07, 6.45) is -3.49. The number of hydrogen-bond acceptors (Lipinski definition) is 3. The highest BCUT2D eigenvalue weighted by Crippen LogP contribution is 2.28. The van der Waals surface area contributed by atoms with Gasteiger partial charge in [0.25, 0.3) is 0 Å². The number of rotatable bonds is 4. The molecule has 0 bridgehead atoms. The third-order valence-corrected chi connectivity index (χ3v) is 5.53. The van der Waals surface area contributed by atoms with E-state index in [4.69, 9.17) is 0 Å². The van der Waals surface area contributed by atoms with Gasteiger partial charge < -0.3 is 5.32 Å². The molecule has 1 heterocycles. The van der Waals surface area contributed by atoms with E-state index < -0.39 is 33.7 Å². The second-order valence-electron chi connectivity index (χ2n) is 4.45. The van der Waals surface area contributed by atoms with Crippen molar-refractivity contribution in [3.8, 4) is 0 Å². The van der Waals surface area contributed by atoms with Crippen LogP contribution in [0.2, 0.25) is 0 Å². The van der Waals surface area contributed by atoms with Crippen molar-refractivity contribution in [3.63, 3.8) is 0 Å². The minimum atomic E-state index is -4.23. The summed E-state index contributed by atoms with van der Waals surface area (Å²) in [7, 11) is -1.71. The molecule has 2 unspecified atom stereocenters. The van der Waals surface area contributed by atoms with Crippen molar-refractivity contribution in [2.75, 3.05) is 12.8 Å². The van der Waals surface area contributed by atoms with Gasteiger partial charge >= 0.3 is 6.18 Å². The minimum absolute atomic E-state index is 0.0991. The smallest absolute Gasteiger partial charge is 0.316 e. The van der Waals surface area contributed by atoms with Gasteiger partial charge in [0.05, 0.1) is 11.0 Å². The molecule has 17 heavy (non-hydrogen) atoms. The first kappa shape index (κ1) is 14.8. The van der Waals surface area contributed by atoms with Crippen LogP contribution in [0.5, 0.6) is 0 Å². The molecule has 7 heteroatoms. The number of nitrogens with one attached hydrogen (secondary N) is 1. The molecule has 102 valence electrons. The molecule has 0 aromatic heterocycles. The highest BCUT2D eigenvalue weighted by atomic mass is 32.2. The van der Waals surface area contributed by atoms with E-state index in [1.54, 1.807) is 0 Å². The molecule has 0 spiro atoms. The van der Waals surface area contributed by atoms with Gasteiger partial charge in [0.1, 0.15) is 0 Å². The van der Waals surface area contributed by atoms with Gasteiger partial charge in [-0.15, -0.1) is 0 Å². The maximum atomic E-state index is 12.1. The van der Waals surface area contributed by atoms with Gasteiger partial charge in [-0.1, -0.05) is 6.42 Å². The Hall–Kier alpha value is -0.300. The zero-order valence-corrected chi connectivity index (χ0v) is 10.6. The van der Waals surface area contributed by atoms with Gasteiger partial charge in [-0.2, -0.15) is 13.2 Å². The summed E-state index contributed by atoms with van der Waals surface area (Å²) in [6.45, 7) is 0. The van der Waals surface area contributed by atoms with E-state index in [1.807, 2.05) is 0 Å². The predicted molar refractivity (Wildman–Crippen MR) is 59.6 cm³/mol. The molecule has 0 aliphatic carbocycles. The summed E-state index contributed by atoms with van der Waals surface area (Å²) in [5, 5.41) is 2.06. The zero-order valence-electron chi connectivity index (χ0n) is 9.76. The van der Waals surface area contributed by atoms with Crippen molar-refractivity contribution in [2.24, 2.45) is 0 Å². The number of sulfone groups is 1. The predicted octanol–water partition coefficient (Wildman–Crippen LogP) is 1.88. The van der Waals surface area contributed by atoms with Gasteiger partial charge in [-0.25, -0.2) is 8.42 Å². The molecular weight excluding hydrogens is 255 g/mol. The first-order valence-electron chi connectivity index (χ1n) is 5.72. The van der Waals surface area contributed by atoms with Crippen molar-refractivity contribution in [3.05, 3.63) is 0 Å². The maximum Gasteiger partial charge on any atom is 0.389 e. The van der Waals surface area contributed by atoms with Crippen molar-refractivity contribution < 1.29 is 21.6 Å². The Kier molecular flexibility index (Phi) is 4.83. The molecule has 2 atom stereocenters. The first-order valence-corrected chi connectivity index (χ1v) is 7.43. The molecule has 0 aromatic rings. The second-order valence-corrected chi connectivity index (χ2v) is 6.79. The van der Waals surface area contributed by atoms with E-state index in [2.05, 4.69) is 5.32 Å². The van der Waals surface area contributed by atoms with E-state index >= 15 is 0 Å². The molecule has 0 saturated carbocycles. The number of hydrogen-bond donors (Lipinski definition) is 1. The van der Waals surface area contributed by atoms with Crippen LogP contribution in [0.1, 0.15) is 32.1 Å². The van der Waals surface area contributed by atoms with E-state index in [0.717, 1.165) is 6.42 Å². The van der Waals surface area contributed by atoms with Crippen LogP contribution in [0.25, 0.3) is 0 Å². The van der Waals surface area contributed by atoms with Gasteiger partial charge in [0.2, 0.25) is 0 Å². The SMILES string of the molecule is CNC(CCC(F)(F)F)C1CCCCS1(=O)=O. The van der Waals surface area contributed by atoms with E-state index in [0.29, 0.717) is 12.8 Å². The average Bonchev–Trinajstić information content (AvgIpc) is 2.19. The van der Waals surface area contributed by atoms with E-state index in [9.17, 15) is 21.6 Å². The average molecular weight is 273 g/mol.